The van der Waals surface area contributed by atoms with Crippen molar-refractivity contribution in [3.05, 3.63) is 62.9 Å². The van der Waals surface area contributed by atoms with Gasteiger partial charge in [0.1, 0.15) is 6.54 Å². The Hall–Kier alpha value is -2.63. The topological polar surface area (TPSA) is 84.0 Å². The van der Waals surface area contributed by atoms with Crippen molar-refractivity contribution < 1.29 is 4.79 Å². The Morgan fingerprint density at radius 1 is 1.29 bits per heavy atom. The first-order chi connectivity index (χ1) is 9.95. The third kappa shape index (κ3) is 3.92. The molecule has 0 saturated heterocycles. The number of amides is 1. The maximum atomic E-state index is 11.9. The lowest BCUT2D eigenvalue weighted by Gasteiger charge is -2.10. The van der Waals surface area contributed by atoms with Crippen molar-refractivity contribution in [1.29, 1.82) is 0 Å². The van der Waals surface area contributed by atoms with Crippen molar-refractivity contribution in [2.75, 3.05) is 5.32 Å². The van der Waals surface area contributed by atoms with Crippen LogP contribution >= 0.6 is 0 Å². The van der Waals surface area contributed by atoms with Gasteiger partial charge in [0.05, 0.1) is 0 Å². The highest BCUT2D eigenvalue weighted by molar-refractivity contribution is 5.90. The molecule has 0 unspecified atom stereocenters. The van der Waals surface area contributed by atoms with Crippen LogP contribution in [0.4, 0.5) is 5.69 Å². The van der Waals surface area contributed by atoms with Crippen LogP contribution in [0, 0.1) is 0 Å². The molecule has 0 saturated carbocycles. The van der Waals surface area contributed by atoms with Gasteiger partial charge in [-0.3, -0.25) is 19.1 Å². The van der Waals surface area contributed by atoms with E-state index in [0.717, 1.165) is 10.1 Å². The number of rotatable bonds is 4. The molecule has 6 nitrogen and oxygen atoms in total. The summed E-state index contributed by atoms with van der Waals surface area (Å²) >= 11 is 0. The first-order valence-electron chi connectivity index (χ1n) is 6.65. The summed E-state index contributed by atoms with van der Waals surface area (Å²) in [6.45, 7) is 3.99. The molecule has 0 atom stereocenters. The zero-order chi connectivity index (χ0) is 15.4. The summed E-state index contributed by atoms with van der Waals surface area (Å²) in [5.41, 5.74) is 0.715. The fraction of sp³-hybridized carbons (Fsp3) is 0.267. The first kappa shape index (κ1) is 14.8. The molecule has 2 rings (SSSR count). The fourth-order valence-electron chi connectivity index (χ4n) is 1.90. The van der Waals surface area contributed by atoms with E-state index in [4.69, 9.17) is 0 Å². The van der Waals surface area contributed by atoms with E-state index in [0.29, 0.717) is 11.6 Å². The number of hydrogen-bond acceptors (Lipinski definition) is 3. The van der Waals surface area contributed by atoms with Gasteiger partial charge in [0, 0.05) is 18.0 Å². The van der Waals surface area contributed by atoms with Crippen LogP contribution in [0.3, 0.4) is 0 Å². The Bertz CT molecular complexity index is 759. The van der Waals surface area contributed by atoms with Gasteiger partial charge >= 0.3 is 5.69 Å². The molecule has 2 aromatic rings. The number of hydrogen-bond donors (Lipinski definition) is 2. The van der Waals surface area contributed by atoms with Crippen LogP contribution in [0.15, 0.2) is 46.1 Å². The number of H-pyrrole nitrogens is 1. The van der Waals surface area contributed by atoms with Gasteiger partial charge in [-0.05, 0) is 23.6 Å². The summed E-state index contributed by atoms with van der Waals surface area (Å²) in [6, 6.07) is 8.76. The lowest BCUT2D eigenvalue weighted by atomic mass is 10.0. The van der Waals surface area contributed by atoms with E-state index >= 15 is 0 Å². The van der Waals surface area contributed by atoms with E-state index in [1.165, 1.54) is 12.3 Å². The Balaban J connectivity index is 2.10. The molecular formula is C15H17N3O3. The Morgan fingerprint density at radius 3 is 2.71 bits per heavy atom. The van der Waals surface area contributed by atoms with Crippen molar-refractivity contribution in [3.63, 3.8) is 0 Å². The van der Waals surface area contributed by atoms with Crippen LogP contribution in [0.2, 0.25) is 0 Å². The zero-order valence-electron chi connectivity index (χ0n) is 11.9. The number of nitrogens with one attached hydrogen (secondary N) is 2. The van der Waals surface area contributed by atoms with Crippen LogP contribution in [-0.4, -0.2) is 15.5 Å². The zero-order valence-corrected chi connectivity index (χ0v) is 11.9. The van der Waals surface area contributed by atoms with Crippen LogP contribution < -0.4 is 16.6 Å². The van der Waals surface area contributed by atoms with Crippen molar-refractivity contribution in [1.82, 2.24) is 9.55 Å². The predicted molar refractivity (Wildman–Crippen MR) is 80.5 cm³/mol. The highest BCUT2D eigenvalue weighted by Crippen LogP contribution is 2.18. The molecule has 0 radical (unpaired) electrons. The predicted octanol–water partition coefficient (Wildman–Crippen LogP) is 1.30. The minimum atomic E-state index is -0.603. The molecule has 0 aliphatic rings. The molecule has 1 aromatic heterocycles. The maximum Gasteiger partial charge on any atom is 0.328 e. The minimum absolute atomic E-state index is 0.151. The molecule has 1 heterocycles. The lowest BCUT2D eigenvalue weighted by Crippen LogP contribution is -2.32. The van der Waals surface area contributed by atoms with Gasteiger partial charge in [-0.25, -0.2) is 4.79 Å². The Kier molecular flexibility index (Phi) is 4.37. The van der Waals surface area contributed by atoms with E-state index in [2.05, 4.69) is 24.1 Å². The van der Waals surface area contributed by atoms with Crippen molar-refractivity contribution in [3.8, 4) is 0 Å². The summed E-state index contributed by atoms with van der Waals surface area (Å²) in [4.78, 5) is 36.5. The number of aromatic nitrogens is 2. The summed E-state index contributed by atoms with van der Waals surface area (Å²) < 4.78 is 1.14. The first-order valence-corrected chi connectivity index (χ1v) is 6.65. The number of carbonyl (C=O) groups is 1. The molecule has 21 heavy (non-hydrogen) atoms. The van der Waals surface area contributed by atoms with Gasteiger partial charge < -0.3 is 5.32 Å². The average Bonchev–Trinajstić information content (AvgIpc) is 2.42. The van der Waals surface area contributed by atoms with Crippen LogP contribution in [-0.2, 0) is 11.3 Å². The highest BCUT2D eigenvalue weighted by atomic mass is 16.2. The molecule has 2 N–H and O–H groups in total. The van der Waals surface area contributed by atoms with Gasteiger partial charge in [-0.1, -0.05) is 26.0 Å². The molecule has 1 aromatic carbocycles. The average molecular weight is 287 g/mol. The molecule has 110 valence electrons. The standard InChI is InChI=1S/C15H17N3O3/c1-10(2)11-4-3-5-12(8-11)16-14(20)9-18-7-6-13(19)17-15(18)21/h3-8,10H,9H2,1-2H3,(H,16,20)(H,17,19,21). The fourth-order valence-corrected chi connectivity index (χ4v) is 1.90. The van der Waals surface area contributed by atoms with E-state index in [9.17, 15) is 14.4 Å². The quantitative estimate of drug-likeness (QED) is 0.889. The Labute approximate surface area is 121 Å². The largest absolute Gasteiger partial charge is 0.328 e. The normalized spacial score (nSPS) is 10.6. The summed E-state index contributed by atoms with van der Waals surface area (Å²) in [5.74, 6) is 0.0359. The molecular weight excluding hydrogens is 270 g/mol. The molecule has 0 bridgehead atoms. The molecule has 1 amide bonds. The van der Waals surface area contributed by atoms with E-state index in [1.54, 1.807) is 6.07 Å². The number of aromatic amines is 1. The summed E-state index contributed by atoms with van der Waals surface area (Å²) in [6.07, 6.45) is 1.30. The number of carbonyl (C=O) groups excluding carboxylic acids is 1. The van der Waals surface area contributed by atoms with E-state index < -0.39 is 11.2 Å². The monoisotopic (exact) mass is 287 g/mol. The molecule has 0 fully saturated rings. The molecule has 0 aliphatic heterocycles. The SMILES string of the molecule is CC(C)c1cccc(NC(=O)Cn2ccc(=O)[nH]c2=O)c1. The summed E-state index contributed by atoms with van der Waals surface area (Å²) in [5, 5.41) is 2.74. The third-order valence-electron chi connectivity index (χ3n) is 3.05. The lowest BCUT2D eigenvalue weighted by molar-refractivity contribution is -0.116. The van der Waals surface area contributed by atoms with Crippen molar-refractivity contribution >= 4 is 11.6 Å². The number of nitrogens with zero attached hydrogens (tertiary/aromatic N) is 1. The Morgan fingerprint density at radius 2 is 2.05 bits per heavy atom. The number of benzene rings is 1. The smallest absolute Gasteiger partial charge is 0.325 e. The van der Waals surface area contributed by atoms with Crippen molar-refractivity contribution in [2.45, 2.75) is 26.3 Å². The number of anilines is 1. The minimum Gasteiger partial charge on any atom is -0.325 e. The van der Waals surface area contributed by atoms with Gasteiger partial charge in [-0.2, -0.15) is 0 Å². The van der Waals surface area contributed by atoms with Crippen LogP contribution in [0.1, 0.15) is 25.3 Å². The highest BCUT2D eigenvalue weighted by Gasteiger charge is 2.06. The van der Waals surface area contributed by atoms with Crippen molar-refractivity contribution in [2.24, 2.45) is 0 Å². The van der Waals surface area contributed by atoms with Gasteiger partial charge in [0.15, 0.2) is 0 Å². The van der Waals surface area contributed by atoms with E-state index in [1.807, 2.05) is 18.2 Å². The van der Waals surface area contributed by atoms with Gasteiger partial charge in [-0.15, -0.1) is 0 Å². The second-order valence-corrected chi connectivity index (χ2v) is 5.07. The second-order valence-electron chi connectivity index (χ2n) is 5.07. The molecule has 6 heteroatoms. The van der Waals surface area contributed by atoms with Crippen LogP contribution in [0.25, 0.3) is 0 Å². The third-order valence-corrected chi connectivity index (χ3v) is 3.05. The molecule has 0 aliphatic carbocycles. The second kappa shape index (κ2) is 6.21. The summed E-state index contributed by atoms with van der Waals surface area (Å²) in [7, 11) is 0. The van der Waals surface area contributed by atoms with Crippen LogP contribution in [0.5, 0.6) is 0 Å². The van der Waals surface area contributed by atoms with Gasteiger partial charge in [0.2, 0.25) is 5.91 Å². The van der Waals surface area contributed by atoms with Gasteiger partial charge in [0.25, 0.3) is 5.56 Å². The molecule has 0 spiro atoms. The van der Waals surface area contributed by atoms with E-state index in [-0.39, 0.29) is 12.5 Å². The maximum absolute atomic E-state index is 11.9.